The van der Waals surface area contributed by atoms with Gasteiger partial charge in [0.15, 0.2) is 0 Å². The van der Waals surface area contributed by atoms with Crippen LogP contribution in [0.1, 0.15) is 25.5 Å². The van der Waals surface area contributed by atoms with Gasteiger partial charge in [-0.3, -0.25) is 9.78 Å². The number of hydrogen-bond acceptors (Lipinski definition) is 3. The Kier molecular flexibility index (Phi) is 7.34. The number of carbonyl (C=O) groups is 1. The van der Waals surface area contributed by atoms with Crippen LogP contribution < -0.4 is 10.6 Å². The molecule has 0 aliphatic carbocycles. The molecule has 1 amide bonds. The van der Waals surface area contributed by atoms with Gasteiger partial charge in [-0.1, -0.05) is 0 Å². The molecule has 1 aromatic rings. The maximum atomic E-state index is 12.2. The second kappa shape index (κ2) is 7.68. The number of carbonyl (C=O) groups excluding carboxylic acids is 1. The molecule has 0 radical (unpaired) electrons. The summed E-state index contributed by atoms with van der Waals surface area (Å²) in [5.41, 5.74) is 1.44. The second-order valence-corrected chi connectivity index (χ2v) is 4.98. The van der Waals surface area contributed by atoms with Crippen molar-refractivity contribution in [2.24, 2.45) is 5.41 Å². The highest BCUT2D eigenvalue weighted by Gasteiger charge is 2.34. The molecule has 0 spiro atoms. The normalized spacial score (nSPS) is 21.8. The van der Waals surface area contributed by atoms with Crippen LogP contribution in [0, 0.1) is 12.3 Å². The van der Waals surface area contributed by atoms with Crippen LogP contribution in [0.15, 0.2) is 18.3 Å². The first-order chi connectivity index (χ1) is 8.10. The molecule has 1 unspecified atom stereocenters. The molecule has 2 heterocycles. The van der Waals surface area contributed by atoms with E-state index in [1.54, 1.807) is 6.20 Å². The van der Waals surface area contributed by atoms with Gasteiger partial charge in [0.1, 0.15) is 0 Å². The van der Waals surface area contributed by atoms with E-state index in [2.05, 4.69) is 15.6 Å². The Hall–Kier alpha value is -0.840. The van der Waals surface area contributed by atoms with Crippen molar-refractivity contribution in [1.82, 2.24) is 10.3 Å². The van der Waals surface area contributed by atoms with Crippen molar-refractivity contribution in [3.63, 3.8) is 0 Å². The molecule has 0 aromatic carbocycles. The SMILES string of the molecule is Cc1cc(NC(=O)C2(C)CCCNC2)ccn1.Cl.Cl. The smallest absolute Gasteiger partial charge is 0.231 e. The highest BCUT2D eigenvalue weighted by molar-refractivity contribution is 5.95. The average Bonchev–Trinajstić information content (AvgIpc) is 2.30. The molecule has 1 saturated heterocycles. The Balaban J connectivity index is 0.00000162. The van der Waals surface area contributed by atoms with E-state index >= 15 is 0 Å². The highest BCUT2D eigenvalue weighted by atomic mass is 35.5. The summed E-state index contributed by atoms with van der Waals surface area (Å²) >= 11 is 0. The number of anilines is 1. The first-order valence-electron chi connectivity index (χ1n) is 6.05. The quantitative estimate of drug-likeness (QED) is 0.883. The Morgan fingerprint density at radius 2 is 2.21 bits per heavy atom. The minimum Gasteiger partial charge on any atom is -0.325 e. The first-order valence-corrected chi connectivity index (χ1v) is 6.05. The van der Waals surface area contributed by atoms with E-state index in [9.17, 15) is 4.79 Å². The molecule has 108 valence electrons. The standard InChI is InChI=1S/C13H19N3O.2ClH/c1-10-8-11(4-7-15-10)16-12(17)13(2)5-3-6-14-9-13;;/h4,7-8,14H,3,5-6,9H2,1-2H3,(H,15,16,17);2*1H. The number of nitrogens with zero attached hydrogens (tertiary/aromatic N) is 1. The third-order valence-electron chi connectivity index (χ3n) is 3.30. The van der Waals surface area contributed by atoms with Gasteiger partial charge in [-0.05, 0) is 45.4 Å². The Labute approximate surface area is 126 Å². The van der Waals surface area contributed by atoms with Gasteiger partial charge in [-0.2, -0.15) is 0 Å². The lowest BCUT2D eigenvalue weighted by molar-refractivity contribution is -0.125. The fourth-order valence-corrected chi connectivity index (χ4v) is 2.16. The molecule has 0 bridgehead atoms. The van der Waals surface area contributed by atoms with Crippen molar-refractivity contribution < 1.29 is 4.79 Å². The minimum absolute atomic E-state index is 0. The van der Waals surface area contributed by atoms with Crippen molar-refractivity contribution in [2.75, 3.05) is 18.4 Å². The predicted octanol–water partition coefficient (Wildman–Crippen LogP) is 2.56. The molecule has 19 heavy (non-hydrogen) atoms. The Bertz CT molecular complexity index is 420. The number of piperidine rings is 1. The maximum Gasteiger partial charge on any atom is 0.231 e. The average molecular weight is 306 g/mol. The fourth-order valence-electron chi connectivity index (χ4n) is 2.16. The molecular formula is C13H21Cl2N3O. The molecular weight excluding hydrogens is 285 g/mol. The Morgan fingerprint density at radius 3 is 2.79 bits per heavy atom. The lowest BCUT2D eigenvalue weighted by atomic mass is 9.82. The predicted molar refractivity (Wildman–Crippen MR) is 82.3 cm³/mol. The summed E-state index contributed by atoms with van der Waals surface area (Å²) < 4.78 is 0. The zero-order valence-electron chi connectivity index (χ0n) is 11.2. The van der Waals surface area contributed by atoms with Gasteiger partial charge < -0.3 is 10.6 Å². The van der Waals surface area contributed by atoms with Crippen LogP contribution in [0.2, 0.25) is 0 Å². The topological polar surface area (TPSA) is 54.0 Å². The summed E-state index contributed by atoms with van der Waals surface area (Å²) in [4.78, 5) is 16.3. The lowest BCUT2D eigenvalue weighted by Crippen LogP contribution is -2.46. The molecule has 4 nitrogen and oxygen atoms in total. The van der Waals surface area contributed by atoms with Gasteiger partial charge in [0.05, 0.1) is 5.41 Å². The third kappa shape index (κ3) is 4.64. The number of halogens is 2. The number of aryl methyl sites for hydroxylation is 1. The number of nitrogens with one attached hydrogen (secondary N) is 2. The molecule has 2 rings (SSSR count). The van der Waals surface area contributed by atoms with E-state index in [0.717, 1.165) is 37.3 Å². The molecule has 0 saturated carbocycles. The summed E-state index contributed by atoms with van der Waals surface area (Å²) in [6.07, 6.45) is 3.71. The second-order valence-electron chi connectivity index (χ2n) is 4.98. The van der Waals surface area contributed by atoms with E-state index in [4.69, 9.17) is 0 Å². The van der Waals surface area contributed by atoms with E-state index in [1.807, 2.05) is 26.0 Å². The summed E-state index contributed by atoms with van der Waals surface area (Å²) in [6.45, 7) is 5.70. The summed E-state index contributed by atoms with van der Waals surface area (Å²) in [5, 5.41) is 6.25. The van der Waals surface area contributed by atoms with E-state index < -0.39 is 0 Å². The van der Waals surface area contributed by atoms with Crippen LogP contribution >= 0.6 is 24.8 Å². The number of aromatic nitrogens is 1. The number of pyridine rings is 1. The molecule has 1 aromatic heterocycles. The van der Waals surface area contributed by atoms with Crippen LogP contribution in [0.5, 0.6) is 0 Å². The van der Waals surface area contributed by atoms with E-state index in [1.165, 1.54) is 0 Å². The van der Waals surface area contributed by atoms with Crippen molar-refractivity contribution in [3.8, 4) is 0 Å². The zero-order chi connectivity index (χ0) is 12.3. The van der Waals surface area contributed by atoms with Gasteiger partial charge in [0.2, 0.25) is 5.91 Å². The van der Waals surface area contributed by atoms with Gasteiger partial charge >= 0.3 is 0 Å². The summed E-state index contributed by atoms with van der Waals surface area (Å²) in [7, 11) is 0. The van der Waals surface area contributed by atoms with Crippen molar-refractivity contribution in [3.05, 3.63) is 24.0 Å². The summed E-state index contributed by atoms with van der Waals surface area (Å²) in [5.74, 6) is 0.0929. The van der Waals surface area contributed by atoms with Crippen molar-refractivity contribution in [1.29, 1.82) is 0 Å². The maximum absolute atomic E-state index is 12.2. The zero-order valence-corrected chi connectivity index (χ0v) is 12.9. The van der Waals surface area contributed by atoms with E-state index in [0.29, 0.717) is 0 Å². The summed E-state index contributed by atoms with van der Waals surface area (Å²) in [6, 6.07) is 3.71. The van der Waals surface area contributed by atoms with Gasteiger partial charge in [0, 0.05) is 24.1 Å². The Morgan fingerprint density at radius 1 is 1.47 bits per heavy atom. The number of hydrogen-bond donors (Lipinski definition) is 2. The molecule has 1 aliphatic rings. The van der Waals surface area contributed by atoms with Crippen molar-refractivity contribution in [2.45, 2.75) is 26.7 Å². The lowest BCUT2D eigenvalue weighted by Gasteiger charge is -2.32. The minimum atomic E-state index is -0.296. The molecule has 6 heteroatoms. The molecule has 1 atom stereocenters. The van der Waals surface area contributed by atoms with Gasteiger partial charge in [0.25, 0.3) is 0 Å². The molecule has 2 N–H and O–H groups in total. The number of rotatable bonds is 2. The first kappa shape index (κ1) is 18.2. The van der Waals surface area contributed by atoms with Crippen LogP contribution in [0.4, 0.5) is 5.69 Å². The third-order valence-corrected chi connectivity index (χ3v) is 3.30. The largest absolute Gasteiger partial charge is 0.325 e. The van der Waals surface area contributed by atoms with Gasteiger partial charge in [-0.25, -0.2) is 0 Å². The van der Waals surface area contributed by atoms with Gasteiger partial charge in [-0.15, -0.1) is 24.8 Å². The van der Waals surface area contributed by atoms with Crippen LogP contribution in [0.3, 0.4) is 0 Å². The van der Waals surface area contributed by atoms with Crippen molar-refractivity contribution >= 4 is 36.4 Å². The monoisotopic (exact) mass is 305 g/mol. The van der Waals surface area contributed by atoms with Crippen LogP contribution in [0.25, 0.3) is 0 Å². The fraction of sp³-hybridized carbons (Fsp3) is 0.538. The molecule has 1 aliphatic heterocycles. The molecule has 1 fully saturated rings. The highest BCUT2D eigenvalue weighted by Crippen LogP contribution is 2.27. The number of amides is 1. The van der Waals surface area contributed by atoms with Crippen LogP contribution in [-0.4, -0.2) is 24.0 Å². The van der Waals surface area contributed by atoms with Crippen LogP contribution in [-0.2, 0) is 4.79 Å². The van der Waals surface area contributed by atoms with E-state index in [-0.39, 0.29) is 36.1 Å².